The first-order valence-corrected chi connectivity index (χ1v) is 10.9. The zero-order valence-electron chi connectivity index (χ0n) is 16.0. The maximum atomic E-state index is 10.5. The van der Waals surface area contributed by atoms with Crippen molar-refractivity contribution in [1.29, 1.82) is 0 Å². The fourth-order valence-corrected chi connectivity index (χ4v) is 4.83. The average molecular weight is 377 g/mol. The van der Waals surface area contributed by atoms with Crippen LogP contribution in [0.4, 0.5) is 5.69 Å². The second-order valence-corrected chi connectivity index (χ2v) is 8.59. The number of nitrogens with zero attached hydrogens (tertiary/aromatic N) is 2. The molecule has 1 aromatic carbocycles. The molecule has 26 heavy (non-hydrogen) atoms. The number of aryl methyl sites for hydroxylation is 1. The fraction of sp³-hybridized carbons (Fsp3) is 0.650. The Bertz CT molecular complexity index is 598. The van der Waals surface area contributed by atoms with Gasteiger partial charge in [0, 0.05) is 37.1 Å². The molecule has 2 unspecified atom stereocenters. The van der Waals surface area contributed by atoms with Crippen LogP contribution in [0.3, 0.4) is 0 Å². The minimum atomic E-state index is -0.631. The van der Waals surface area contributed by atoms with E-state index in [1.165, 1.54) is 17.7 Å². The van der Waals surface area contributed by atoms with Crippen molar-refractivity contribution in [3.8, 4) is 0 Å². The minimum Gasteiger partial charge on any atom is -0.387 e. The zero-order valence-corrected chi connectivity index (χ0v) is 16.8. The predicted octanol–water partition coefficient (Wildman–Crippen LogP) is 2.39. The maximum Gasteiger partial charge on any atom is 0.191 e. The van der Waals surface area contributed by atoms with Crippen LogP contribution in [0, 0.1) is 6.92 Å². The summed E-state index contributed by atoms with van der Waals surface area (Å²) in [4.78, 5) is 7.13. The molecule has 0 radical (unpaired) electrons. The van der Waals surface area contributed by atoms with Gasteiger partial charge in [0.2, 0.25) is 0 Å². The van der Waals surface area contributed by atoms with Gasteiger partial charge in [0.1, 0.15) is 0 Å². The van der Waals surface area contributed by atoms with Crippen LogP contribution in [0.25, 0.3) is 0 Å². The highest BCUT2D eigenvalue weighted by Gasteiger charge is 2.31. The monoisotopic (exact) mass is 376 g/mol. The van der Waals surface area contributed by atoms with E-state index in [1.54, 1.807) is 0 Å². The Morgan fingerprint density at radius 3 is 2.88 bits per heavy atom. The van der Waals surface area contributed by atoms with Crippen LogP contribution in [0.1, 0.15) is 31.7 Å². The van der Waals surface area contributed by atoms with Crippen LogP contribution >= 0.6 is 11.8 Å². The van der Waals surface area contributed by atoms with Crippen LogP contribution in [0.2, 0.25) is 0 Å². The van der Waals surface area contributed by atoms with Gasteiger partial charge in [-0.3, -0.25) is 4.99 Å². The summed E-state index contributed by atoms with van der Waals surface area (Å²) in [7, 11) is 0. The van der Waals surface area contributed by atoms with Crippen molar-refractivity contribution in [3.63, 3.8) is 0 Å². The number of aliphatic hydroxyl groups is 1. The van der Waals surface area contributed by atoms with E-state index in [1.807, 2.05) is 11.8 Å². The molecule has 2 saturated heterocycles. The molecule has 2 aliphatic rings. The van der Waals surface area contributed by atoms with E-state index in [9.17, 15) is 5.11 Å². The van der Waals surface area contributed by atoms with Crippen LogP contribution < -0.4 is 15.5 Å². The van der Waals surface area contributed by atoms with E-state index < -0.39 is 5.60 Å². The standard InChI is InChI=1S/C20H32N4OS/c1-3-21-19(22-14-20(25)10-12-26-15-20)23-17-5-4-11-24(13-17)18-8-6-16(2)7-9-18/h6-9,17,25H,3-5,10-15H2,1-2H3,(H2,21,22,23). The Hall–Kier alpha value is -1.40. The summed E-state index contributed by atoms with van der Waals surface area (Å²) in [6.07, 6.45) is 3.16. The van der Waals surface area contributed by atoms with E-state index >= 15 is 0 Å². The summed E-state index contributed by atoms with van der Waals surface area (Å²) in [5.74, 6) is 2.65. The van der Waals surface area contributed by atoms with E-state index in [4.69, 9.17) is 0 Å². The third kappa shape index (κ3) is 5.30. The predicted molar refractivity (Wildman–Crippen MR) is 112 cm³/mol. The number of guanidine groups is 1. The molecule has 0 spiro atoms. The van der Waals surface area contributed by atoms with Gasteiger partial charge in [0.15, 0.2) is 5.96 Å². The summed E-state index contributed by atoms with van der Waals surface area (Å²) < 4.78 is 0. The van der Waals surface area contributed by atoms with Crippen LogP contribution in [0.5, 0.6) is 0 Å². The van der Waals surface area contributed by atoms with Gasteiger partial charge in [-0.05, 0) is 51.0 Å². The van der Waals surface area contributed by atoms with Gasteiger partial charge < -0.3 is 20.6 Å². The van der Waals surface area contributed by atoms with E-state index in [0.717, 1.165) is 49.9 Å². The van der Waals surface area contributed by atoms with Crippen molar-refractivity contribution in [2.45, 2.75) is 44.8 Å². The van der Waals surface area contributed by atoms with Crippen molar-refractivity contribution in [1.82, 2.24) is 10.6 Å². The van der Waals surface area contributed by atoms with Gasteiger partial charge in [-0.1, -0.05) is 17.7 Å². The Balaban J connectivity index is 1.60. The van der Waals surface area contributed by atoms with Crippen LogP contribution in [0.15, 0.2) is 29.3 Å². The molecule has 3 rings (SSSR count). The number of aliphatic imine (C=N–C) groups is 1. The van der Waals surface area contributed by atoms with Gasteiger partial charge in [0.05, 0.1) is 12.1 Å². The topological polar surface area (TPSA) is 59.9 Å². The second kappa shape index (κ2) is 9.00. The van der Waals surface area contributed by atoms with Gasteiger partial charge >= 0.3 is 0 Å². The quantitative estimate of drug-likeness (QED) is 0.544. The van der Waals surface area contributed by atoms with Crippen molar-refractivity contribution < 1.29 is 5.11 Å². The smallest absolute Gasteiger partial charge is 0.191 e. The molecule has 2 heterocycles. The Morgan fingerprint density at radius 1 is 1.38 bits per heavy atom. The summed E-state index contributed by atoms with van der Waals surface area (Å²) in [6, 6.07) is 9.15. The van der Waals surface area contributed by atoms with Crippen LogP contribution in [-0.4, -0.2) is 60.4 Å². The van der Waals surface area contributed by atoms with E-state index in [0.29, 0.717) is 12.6 Å². The summed E-state index contributed by atoms with van der Waals surface area (Å²) in [5, 5.41) is 17.5. The molecule has 5 nitrogen and oxygen atoms in total. The molecule has 6 heteroatoms. The fourth-order valence-electron chi connectivity index (χ4n) is 3.55. The molecular formula is C20H32N4OS. The molecule has 0 amide bonds. The molecule has 0 bridgehead atoms. The number of piperidine rings is 1. The molecule has 0 aromatic heterocycles. The first-order valence-electron chi connectivity index (χ1n) is 9.74. The molecule has 0 aliphatic carbocycles. The van der Waals surface area contributed by atoms with Gasteiger partial charge in [-0.2, -0.15) is 11.8 Å². The average Bonchev–Trinajstić information content (AvgIpc) is 3.08. The molecule has 144 valence electrons. The van der Waals surface area contributed by atoms with E-state index in [-0.39, 0.29) is 0 Å². The lowest BCUT2D eigenvalue weighted by molar-refractivity contribution is 0.0778. The molecule has 2 fully saturated rings. The molecule has 0 saturated carbocycles. The van der Waals surface area contributed by atoms with Gasteiger partial charge in [0.25, 0.3) is 0 Å². The summed E-state index contributed by atoms with van der Waals surface area (Å²) >= 11 is 1.81. The number of nitrogens with one attached hydrogen (secondary N) is 2. The second-order valence-electron chi connectivity index (χ2n) is 7.49. The molecular weight excluding hydrogens is 344 g/mol. The highest BCUT2D eigenvalue weighted by atomic mass is 32.2. The number of anilines is 1. The van der Waals surface area contributed by atoms with Gasteiger partial charge in [-0.15, -0.1) is 0 Å². The van der Waals surface area contributed by atoms with Crippen molar-refractivity contribution >= 4 is 23.4 Å². The van der Waals surface area contributed by atoms with Crippen LogP contribution in [-0.2, 0) is 0 Å². The summed E-state index contributed by atoms with van der Waals surface area (Å²) in [6.45, 7) is 7.59. The van der Waals surface area contributed by atoms with E-state index in [2.05, 4.69) is 58.6 Å². The number of benzene rings is 1. The summed E-state index contributed by atoms with van der Waals surface area (Å²) in [5.41, 5.74) is 1.96. The third-order valence-corrected chi connectivity index (χ3v) is 6.35. The first-order chi connectivity index (χ1) is 12.6. The Morgan fingerprint density at radius 2 is 2.19 bits per heavy atom. The highest BCUT2D eigenvalue weighted by Crippen LogP contribution is 2.28. The number of hydrogen-bond acceptors (Lipinski definition) is 4. The molecule has 1 aromatic rings. The Labute approximate surface area is 161 Å². The molecule has 2 aliphatic heterocycles. The molecule has 2 atom stereocenters. The third-order valence-electron chi connectivity index (χ3n) is 5.12. The molecule has 3 N–H and O–H groups in total. The van der Waals surface area contributed by atoms with Crippen molar-refractivity contribution in [2.75, 3.05) is 42.6 Å². The largest absolute Gasteiger partial charge is 0.387 e. The van der Waals surface area contributed by atoms with Crippen molar-refractivity contribution in [3.05, 3.63) is 29.8 Å². The highest BCUT2D eigenvalue weighted by molar-refractivity contribution is 7.99. The minimum absolute atomic E-state index is 0.371. The maximum absolute atomic E-state index is 10.5. The number of hydrogen-bond donors (Lipinski definition) is 3. The lowest BCUT2D eigenvalue weighted by atomic mass is 10.0. The Kier molecular flexibility index (Phi) is 6.70. The zero-order chi connectivity index (χ0) is 18.4. The lowest BCUT2D eigenvalue weighted by Crippen LogP contribution is -2.51. The van der Waals surface area contributed by atoms with Crippen molar-refractivity contribution in [2.24, 2.45) is 4.99 Å². The first kappa shape index (κ1) is 19.4. The number of rotatable bonds is 5. The number of thioether (sulfide) groups is 1. The normalized spacial score (nSPS) is 26.8. The van der Waals surface area contributed by atoms with Gasteiger partial charge in [-0.25, -0.2) is 0 Å². The SMILES string of the molecule is CCNC(=NCC1(O)CCSC1)NC1CCCN(c2ccc(C)cc2)C1. The lowest BCUT2D eigenvalue weighted by Gasteiger charge is -2.35.